The van der Waals surface area contributed by atoms with Crippen LogP contribution in [0.2, 0.25) is 0 Å². The van der Waals surface area contributed by atoms with Crippen LogP contribution in [0.25, 0.3) is 5.57 Å². The average Bonchev–Trinajstić information content (AvgIpc) is 2.49. The summed E-state index contributed by atoms with van der Waals surface area (Å²) >= 11 is 3.50. The van der Waals surface area contributed by atoms with Gasteiger partial charge in [-0.2, -0.15) is 0 Å². The molecule has 2 aliphatic heterocycles. The van der Waals surface area contributed by atoms with Crippen LogP contribution in [0.4, 0.5) is 0 Å². The number of hydrogen-bond donors (Lipinski definition) is 0. The van der Waals surface area contributed by atoms with Crippen LogP contribution in [0.15, 0.2) is 34.8 Å². The van der Waals surface area contributed by atoms with Crippen LogP contribution in [-0.4, -0.2) is 36.2 Å². The maximum atomic E-state index is 3.50. The summed E-state index contributed by atoms with van der Waals surface area (Å²) in [6.45, 7) is 4.75. The first-order valence-electron chi connectivity index (χ1n) is 7.28. The van der Waals surface area contributed by atoms with Gasteiger partial charge >= 0.3 is 0 Å². The van der Waals surface area contributed by atoms with Crippen molar-refractivity contribution in [2.24, 2.45) is 0 Å². The van der Waals surface area contributed by atoms with Crippen LogP contribution in [0, 0.1) is 0 Å². The lowest BCUT2D eigenvalue weighted by Gasteiger charge is -2.39. The molecule has 102 valence electrons. The summed E-state index contributed by atoms with van der Waals surface area (Å²) in [6, 6.07) is 8.69. The van der Waals surface area contributed by atoms with Gasteiger partial charge in [-0.1, -0.05) is 40.6 Å². The highest BCUT2D eigenvalue weighted by Gasteiger charge is 2.20. The second kappa shape index (κ2) is 6.21. The monoisotopic (exact) mass is 320 g/mol. The lowest BCUT2D eigenvalue weighted by Crippen LogP contribution is -2.47. The van der Waals surface area contributed by atoms with Gasteiger partial charge in [-0.3, -0.25) is 0 Å². The molecule has 0 aromatic heterocycles. The minimum atomic E-state index is 1.07. The summed E-state index contributed by atoms with van der Waals surface area (Å²) in [7, 11) is 0. The van der Waals surface area contributed by atoms with Gasteiger partial charge in [0.25, 0.3) is 0 Å². The van der Waals surface area contributed by atoms with Crippen LogP contribution in [-0.2, 0) is 0 Å². The number of rotatable bonds is 2. The number of hydrogen-bond acceptors (Lipinski definition) is 2. The molecule has 2 nitrogen and oxygen atoms in total. The van der Waals surface area contributed by atoms with Crippen molar-refractivity contribution in [3.8, 4) is 0 Å². The van der Waals surface area contributed by atoms with Gasteiger partial charge < -0.3 is 0 Å². The standard InChI is InChI=1S/C16H21BrN2/c17-16-6-4-14(5-7-16)15-8-12-19(13-9-15)18-10-2-1-3-11-18/h4-8H,1-3,9-13H2. The molecule has 1 fully saturated rings. The Bertz CT molecular complexity index is 446. The Labute approximate surface area is 124 Å². The van der Waals surface area contributed by atoms with Gasteiger partial charge in [0.05, 0.1) is 0 Å². The van der Waals surface area contributed by atoms with Gasteiger partial charge in [0.15, 0.2) is 0 Å². The molecule has 3 heteroatoms. The number of piperidine rings is 1. The van der Waals surface area contributed by atoms with E-state index in [1.807, 2.05) is 0 Å². The van der Waals surface area contributed by atoms with Crippen molar-refractivity contribution in [1.29, 1.82) is 0 Å². The molecular formula is C16H21BrN2. The molecule has 0 unspecified atom stereocenters. The van der Waals surface area contributed by atoms with Crippen LogP contribution in [0.3, 0.4) is 0 Å². The molecule has 0 radical (unpaired) electrons. The van der Waals surface area contributed by atoms with Gasteiger partial charge in [-0.05, 0) is 42.5 Å². The van der Waals surface area contributed by atoms with E-state index >= 15 is 0 Å². The van der Waals surface area contributed by atoms with Crippen molar-refractivity contribution in [3.05, 3.63) is 40.4 Å². The number of halogens is 1. The summed E-state index contributed by atoms with van der Waals surface area (Å²) in [6.07, 6.45) is 7.70. The third-order valence-electron chi connectivity index (χ3n) is 4.14. The Morgan fingerprint density at radius 2 is 1.58 bits per heavy atom. The molecule has 0 amide bonds. The SMILES string of the molecule is Brc1ccc(C2=CCN(N3CCCCC3)CC2)cc1. The first-order chi connectivity index (χ1) is 9.33. The molecular weight excluding hydrogens is 300 g/mol. The Hall–Kier alpha value is -0.640. The normalized spacial score (nSPS) is 22.3. The predicted molar refractivity (Wildman–Crippen MR) is 83.7 cm³/mol. The summed E-state index contributed by atoms with van der Waals surface area (Å²) in [5.41, 5.74) is 2.88. The van der Waals surface area contributed by atoms with E-state index in [4.69, 9.17) is 0 Å². The van der Waals surface area contributed by atoms with Crippen molar-refractivity contribution in [2.45, 2.75) is 25.7 Å². The predicted octanol–water partition coefficient (Wildman–Crippen LogP) is 3.94. The van der Waals surface area contributed by atoms with Crippen molar-refractivity contribution in [2.75, 3.05) is 26.2 Å². The lowest BCUT2D eigenvalue weighted by atomic mass is 10.00. The van der Waals surface area contributed by atoms with E-state index in [1.165, 1.54) is 50.0 Å². The zero-order valence-corrected chi connectivity index (χ0v) is 12.9. The third kappa shape index (κ3) is 3.28. The largest absolute Gasteiger partial charge is 0.241 e. The number of hydrazine groups is 1. The van der Waals surface area contributed by atoms with Crippen molar-refractivity contribution >= 4 is 21.5 Å². The summed E-state index contributed by atoms with van der Waals surface area (Å²) in [5.74, 6) is 0. The van der Waals surface area contributed by atoms with E-state index in [0.29, 0.717) is 0 Å². The molecule has 0 bridgehead atoms. The quantitative estimate of drug-likeness (QED) is 0.814. The molecule has 0 aliphatic carbocycles. The van der Waals surface area contributed by atoms with Gasteiger partial charge in [0.1, 0.15) is 0 Å². The highest BCUT2D eigenvalue weighted by molar-refractivity contribution is 9.10. The molecule has 3 rings (SSSR count). The number of benzene rings is 1. The third-order valence-corrected chi connectivity index (χ3v) is 4.66. The maximum Gasteiger partial charge on any atom is 0.0320 e. The topological polar surface area (TPSA) is 6.48 Å². The van der Waals surface area contributed by atoms with Crippen molar-refractivity contribution < 1.29 is 0 Å². The zero-order chi connectivity index (χ0) is 13.1. The van der Waals surface area contributed by atoms with E-state index in [-0.39, 0.29) is 0 Å². The average molecular weight is 321 g/mol. The lowest BCUT2D eigenvalue weighted by molar-refractivity contribution is -0.0304. The molecule has 2 heterocycles. The molecule has 0 atom stereocenters. The van der Waals surface area contributed by atoms with E-state index < -0.39 is 0 Å². The highest BCUT2D eigenvalue weighted by atomic mass is 79.9. The van der Waals surface area contributed by atoms with E-state index in [0.717, 1.165) is 17.4 Å². The minimum absolute atomic E-state index is 1.07. The maximum absolute atomic E-state index is 3.50. The molecule has 1 saturated heterocycles. The fraction of sp³-hybridized carbons (Fsp3) is 0.500. The summed E-state index contributed by atoms with van der Waals surface area (Å²) < 4.78 is 1.16. The Kier molecular flexibility index (Phi) is 4.36. The van der Waals surface area contributed by atoms with Gasteiger partial charge in [0.2, 0.25) is 0 Å². The summed E-state index contributed by atoms with van der Waals surface area (Å²) in [4.78, 5) is 0. The molecule has 1 aromatic rings. The number of nitrogens with zero attached hydrogens (tertiary/aromatic N) is 2. The first kappa shape index (κ1) is 13.3. The minimum Gasteiger partial charge on any atom is -0.241 e. The zero-order valence-electron chi connectivity index (χ0n) is 11.3. The van der Waals surface area contributed by atoms with Gasteiger partial charge in [0, 0.05) is 30.7 Å². The molecule has 0 saturated carbocycles. The molecule has 1 aromatic carbocycles. The second-order valence-corrected chi connectivity index (χ2v) is 6.33. The molecule has 0 N–H and O–H groups in total. The van der Waals surface area contributed by atoms with E-state index in [1.54, 1.807) is 0 Å². The van der Waals surface area contributed by atoms with Crippen molar-refractivity contribution in [1.82, 2.24) is 10.0 Å². The summed E-state index contributed by atoms with van der Waals surface area (Å²) in [5, 5.41) is 5.08. The van der Waals surface area contributed by atoms with Crippen LogP contribution < -0.4 is 0 Å². The first-order valence-corrected chi connectivity index (χ1v) is 8.07. The molecule has 0 spiro atoms. The Morgan fingerprint density at radius 1 is 0.842 bits per heavy atom. The fourth-order valence-corrected chi connectivity index (χ4v) is 3.27. The molecule has 2 aliphatic rings. The smallest absolute Gasteiger partial charge is 0.0320 e. The van der Waals surface area contributed by atoms with Crippen LogP contribution in [0.5, 0.6) is 0 Å². The van der Waals surface area contributed by atoms with E-state index in [9.17, 15) is 0 Å². The molecule has 19 heavy (non-hydrogen) atoms. The highest BCUT2D eigenvalue weighted by Crippen LogP contribution is 2.25. The second-order valence-electron chi connectivity index (χ2n) is 5.41. The van der Waals surface area contributed by atoms with Gasteiger partial charge in [-0.15, -0.1) is 0 Å². The van der Waals surface area contributed by atoms with Crippen LogP contribution >= 0.6 is 15.9 Å². The Balaban J connectivity index is 1.64. The van der Waals surface area contributed by atoms with Crippen molar-refractivity contribution in [3.63, 3.8) is 0 Å². The van der Waals surface area contributed by atoms with E-state index in [2.05, 4.69) is 56.3 Å². The van der Waals surface area contributed by atoms with Gasteiger partial charge in [-0.25, -0.2) is 10.0 Å². The van der Waals surface area contributed by atoms with Crippen LogP contribution in [0.1, 0.15) is 31.2 Å². The fourth-order valence-electron chi connectivity index (χ4n) is 3.00. The Morgan fingerprint density at radius 3 is 2.21 bits per heavy atom.